The molecule has 0 unspecified atom stereocenters. The number of hydrogen-bond acceptors (Lipinski definition) is 32. The number of aliphatic hydroxyl groups is 3. The summed E-state index contributed by atoms with van der Waals surface area (Å²) in [4.78, 5) is 105. The maximum atomic E-state index is 14.7. The van der Waals surface area contributed by atoms with Gasteiger partial charge in [-0.2, -0.15) is 9.97 Å². The first-order valence-electron chi connectivity index (χ1n) is 47.6. The van der Waals surface area contributed by atoms with Crippen molar-refractivity contribution in [2.24, 2.45) is 35.3 Å². The quantitative estimate of drug-likeness (QED) is 0.0122. The SMILES string of the molecule is CO[C@H]1C[C@@H]2CC[C@@H](C)[C@@](O)(O2)C(=O)C(=O)N2CCCC[C@H]2C(=O)O[C@H]([C@H](N)C[C@@H]2CC[C@@H](OCCCCc3cn(CCOCCOCCOCCOCCOCCOCCOCCOCCNC(=O)c4ccc(-c5ccc6c(N7CCOC[C@H]7C)nc(N7CCOC[C@H]7C)nc6n5)cc4)nn3)[C@H](OC)C2)CC(=O)[C@H](C)/C=C(\C)[C@@H](O)[C@@H](O)C(=O)[C@H](C)C[C@H](C)/C=C/C=C/C=C/1C. The van der Waals surface area contributed by atoms with E-state index in [1.54, 1.807) is 51.8 Å². The summed E-state index contributed by atoms with van der Waals surface area (Å²) in [5.41, 5.74) is 11.7. The molecule has 132 heavy (non-hydrogen) atoms. The zero-order valence-electron chi connectivity index (χ0n) is 79.3. The normalized spacial score (nSPS) is 28.5. The van der Waals surface area contributed by atoms with Gasteiger partial charge in [-0.15, -0.1) is 5.10 Å². The minimum atomic E-state index is -2.49. The molecule has 4 saturated heterocycles. The van der Waals surface area contributed by atoms with Crippen LogP contribution in [0.3, 0.4) is 0 Å². The number of amides is 2. The number of hydrogen-bond donors (Lipinski definition) is 5. The molecule has 5 aliphatic heterocycles. The van der Waals surface area contributed by atoms with E-state index in [0.29, 0.717) is 240 Å². The number of pyridine rings is 1. The zero-order valence-corrected chi connectivity index (χ0v) is 79.3. The van der Waals surface area contributed by atoms with Crippen LogP contribution in [0.25, 0.3) is 22.3 Å². The number of ether oxygens (including phenoxy) is 15. The number of morpholine rings is 2. The number of carbonyl (C=O) groups excluding carboxylic acids is 6. The second-order valence-electron chi connectivity index (χ2n) is 35.7. The van der Waals surface area contributed by atoms with Gasteiger partial charge in [0.2, 0.25) is 11.7 Å². The van der Waals surface area contributed by atoms with E-state index >= 15 is 0 Å². The molecule has 10 rings (SSSR count). The lowest BCUT2D eigenvalue weighted by molar-refractivity contribution is -0.265. The number of benzene rings is 1. The largest absolute Gasteiger partial charge is 0.459 e. The van der Waals surface area contributed by atoms with Crippen LogP contribution in [0.4, 0.5) is 11.8 Å². The molecule has 2 amide bonds. The van der Waals surface area contributed by atoms with Gasteiger partial charge in [0.15, 0.2) is 11.4 Å². The maximum Gasteiger partial charge on any atom is 0.329 e. The first-order chi connectivity index (χ1) is 63.8. The van der Waals surface area contributed by atoms with Gasteiger partial charge in [-0.05, 0) is 158 Å². The number of ketones is 3. The number of rotatable bonds is 42. The zero-order chi connectivity index (χ0) is 94.3. The molecule has 6 N–H and O–H groups in total. The number of Topliss-reactive ketones (excluding diaryl/α,β-unsaturated/α-hetero) is 3. The van der Waals surface area contributed by atoms with Crippen molar-refractivity contribution in [3.63, 3.8) is 0 Å². The van der Waals surface area contributed by atoms with Crippen molar-refractivity contribution in [1.29, 1.82) is 0 Å². The van der Waals surface area contributed by atoms with Crippen LogP contribution >= 0.6 is 0 Å². The van der Waals surface area contributed by atoms with Gasteiger partial charge < -0.3 is 112 Å². The number of nitrogens with zero attached hydrogens (tertiary/aromatic N) is 9. The van der Waals surface area contributed by atoms with Gasteiger partial charge in [0.1, 0.15) is 36.0 Å². The molecule has 0 spiro atoms. The summed E-state index contributed by atoms with van der Waals surface area (Å²) in [6, 6.07) is 9.55. The highest BCUT2D eigenvalue weighted by atomic mass is 16.6. The monoisotopic (exact) mass is 1850 g/mol. The number of esters is 1. The second-order valence-corrected chi connectivity index (χ2v) is 35.7. The number of piperidine rings is 1. The summed E-state index contributed by atoms with van der Waals surface area (Å²) in [5.74, 6) is -7.59. The van der Waals surface area contributed by atoms with Crippen LogP contribution in [0.15, 0.2) is 90.2 Å². The number of carbonyl (C=O) groups is 6. The number of cyclic esters (lactones) is 1. The Kier molecular flexibility index (Phi) is 45.0. The fourth-order valence-electron chi connectivity index (χ4n) is 17.5. The topological polar surface area (TPSA) is 419 Å². The molecule has 1 saturated carbocycles. The van der Waals surface area contributed by atoms with Gasteiger partial charge in [-0.3, -0.25) is 24.0 Å². The van der Waals surface area contributed by atoms with Crippen LogP contribution < -0.4 is 20.9 Å². The molecule has 8 heterocycles. The van der Waals surface area contributed by atoms with Crippen molar-refractivity contribution >= 4 is 57.9 Å². The van der Waals surface area contributed by atoms with Gasteiger partial charge in [-0.1, -0.05) is 81.5 Å². The number of aliphatic hydroxyl groups excluding tert-OH is 2. The predicted molar refractivity (Wildman–Crippen MR) is 493 cm³/mol. The standard InChI is InChI=1S/C97H147N11O24/c1-65-18-12-11-13-19-66(2)84(118-9)60-77-28-22-70(6)97(117,132-77)90(113)94(115)108-33-16-14-21-81(108)95(116)131-85(61-82(109)67(3)57-69(5)88(111)89(112)87(110)68(4)56-65)79(98)58-73-23-31-83(86(59-73)119-10)130-37-17-15-20-76-62-105(104-103-76)34-39-121-43-45-123-47-49-125-51-53-127-55-54-126-52-50-124-48-46-122-44-42-120-38-32-99-93(114)75-26-24-74(25-27-75)80-30-29-78-91(100-80)101-96(107-36-41-129-64-72(107)8)102-92(78)106-35-40-128-63-71(106)7/h11-13,18-19,24-27,29-30,57,62,65,67-68,70-73,77,79,81,83-86,88-89,111-112,117H,14-17,20-23,28,31-56,58-61,63-64,98H2,1-10H3,(H,99,114)/b13-11+,18-12+,66-19+,69-57+/t65-,67-,68-,70-,71-,72-,73+,77+,79-,81+,83-,84+,85+,86-,88-,89+,97-/m1/s1. The third kappa shape index (κ3) is 32.7. The molecule has 3 aromatic heterocycles. The van der Waals surface area contributed by atoms with E-state index in [2.05, 4.69) is 39.3 Å². The van der Waals surface area contributed by atoms with Crippen LogP contribution in [0.1, 0.15) is 161 Å². The van der Waals surface area contributed by atoms with E-state index in [4.69, 9.17) is 91.7 Å². The summed E-state index contributed by atoms with van der Waals surface area (Å²) >= 11 is 0. The van der Waals surface area contributed by atoms with Crippen molar-refractivity contribution in [3.05, 3.63) is 101 Å². The van der Waals surface area contributed by atoms with Gasteiger partial charge in [0, 0.05) is 101 Å². The number of aromatic nitrogens is 6. The Morgan fingerprint density at radius 1 is 0.644 bits per heavy atom. The Balaban J connectivity index is 0.539. The molecule has 1 aromatic carbocycles. The number of unbranched alkanes of at least 4 members (excludes halogenated alkanes) is 1. The minimum Gasteiger partial charge on any atom is -0.459 e. The number of allylic oxidation sites excluding steroid dienone is 6. The van der Waals surface area contributed by atoms with E-state index < -0.39 is 95.4 Å². The Morgan fingerprint density at radius 2 is 1.29 bits per heavy atom. The number of anilines is 2. The molecular weight excluding hydrogens is 1700 g/mol. The summed E-state index contributed by atoms with van der Waals surface area (Å²) in [7, 11) is 3.21. The van der Waals surface area contributed by atoms with Crippen LogP contribution in [0, 0.1) is 29.6 Å². The summed E-state index contributed by atoms with van der Waals surface area (Å²) in [6.45, 7) is 26.6. The number of aryl methyl sites for hydroxylation is 1. The predicted octanol–water partition coefficient (Wildman–Crippen LogP) is 7.87. The molecule has 4 aromatic rings. The molecule has 1 aliphatic carbocycles. The van der Waals surface area contributed by atoms with E-state index in [-0.39, 0.29) is 73.4 Å². The number of fused-ring (bicyclic) bond motifs is 4. The summed E-state index contributed by atoms with van der Waals surface area (Å²) in [5, 5.41) is 47.1. The fraction of sp³-hybridized carbons (Fsp3) is 0.701. The van der Waals surface area contributed by atoms with Gasteiger partial charge >= 0.3 is 5.97 Å². The van der Waals surface area contributed by atoms with Crippen LogP contribution in [0.2, 0.25) is 0 Å². The van der Waals surface area contributed by atoms with Crippen molar-refractivity contribution in [2.75, 3.05) is 189 Å². The fourth-order valence-corrected chi connectivity index (χ4v) is 17.5. The maximum absolute atomic E-state index is 14.7. The second kappa shape index (κ2) is 56.0. The van der Waals surface area contributed by atoms with E-state index in [1.165, 1.54) is 13.0 Å². The lowest BCUT2D eigenvalue weighted by Crippen LogP contribution is -2.61. The molecule has 35 nitrogen and oxygen atoms in total. The highest BCUT2D eigenvalue weighted by Crippen LogP contribution is 2.39. The van der Waals surface area contributed by atoms with Crippen molar-refractivity contribution in [2.45, 2.75) is 231 Å². The smallest absolute Gasteiger partial charge is 0.329 e. The lowest BCUT2D eigenvalue weighted by atomic mass is 9.80. The molecule has 5 fully saturated rings. The number of nitrogens with two attached hydrogens (primary N) is 1. The number of nitrogens with one attached hydrogen (secondary N) is 1. The molecule has 734 valence electrons. The van der Waals surface area contributed by atoms with E-state index in [9.17, 15) is 44.1 Å². The Hall–Kier alpha value is -7.89. The van der Waals surface area contributed by atoms with Gasteiger partial charge in [0.05, 0.1) is 192 Å². The van der Waals surface area contributed by atoms with Gasteiger partial charge in [-0.25, -0.2) is 14.5 Å². The van der Waals surface area contributed by atoms with Crippen molar-refractivity contribution < 1.29 is 115 Å². The molecule has 35 heteroatoms. The van der Waals surface area contributed by atoms with E-state index in [1.807, 2.05) is 74.7 Å². The molecule has 2 bridgehead atoms. The van der Waals surface area contributed by atoms with Gasteiger partial charge in [0.25, 0.3) is 17.6 Å². The van der Waals surface area contributed by atoms with Crippen LogP contribution in [0.5, 0.6) is 0 Å². The highest BCUT2D eigenvalue weighted by molar-refractivity contribution is 6.39. The lowest BCUT2D eigenvalue weighted by Gasteiger charge is -2.42. The first-order valence-corrected chi connectivity index (χ1v) is 47.6. The number of methoxy groups -OCH3 is 2. The van der Waals surface area contributed by atoms with Crippen LogP contribution in [-0.4, -0.2) is 337 Å². The third-order valence-electron chi connectivity index (χ3n) is 25.5. The van der Waals surface area contributed by atoms with Crippen molar-refractivity contribution in [3.8, 4) is 11.3 Å². The molecule has 6 aliphatic rings. The summed E-state index contributed by atoms with van der Waals surface area (Å²) in [6.07, 6.45) is 13.5. The summed E-state index contributed by atoms with van der Waals surface area (Å²) < 4.78 is 89.3. The van der Waals surface area contributed by atoms with E-state index in [0.717, 1.165) is 58.0 Å². The minimum absolute atomic E-state index is 0.0263. The Bertz CT molecular complexity index is 4330. The highest BCUT2D eigenvalue weighted by Gasteiger charge is 2.53. The average Bonchev–Trinajstić information content (AvgIpc) is 1.24. The first kappa shape index (κ1) is 106. The Labute approximate surface area is 777 Å². The molecular formula is C97H147N11O24. The van der Waals surface area contributed by atoms with Crippen LogP contribution in [-0.2, 0) is 108 Å². The van der Waals surface area contributed by atoms with Crippen molar-refractivity contribution in [1.82, 2.24) is 40.2 Å². The average molecular weight is 1850 g/mol. The Morgan fingerprint density at radius 3 is 1.93 bits per heavy atom. The molecule has 17 atom stereocenters. The molecule has 0 radical (unpaired) electrons. The third-order valence-corrected chi connectivity index (χ3v) is 25.5.